The molecule has 1 rings (SSSR count). The second-order valence-corrected chi connectivity index (χ2v) is 4.79. The van der Waals surface area contributed by atoms with E-state index in [1.807, 2.05) is 13.8 Å². The molecule has 0 saturated carbocycles. The fourth-order valence-corrected chi connectivity index (χ4v) is 2.10. The summed E-state index contributed by atoms with van der Waals surface area (Å²) in [7, 11) is 0. The molecule has 0 fully saturated rings. The third kappa shape index (κ3) is 5.68. The van der Waals surface area contributed by atoms with E-state index in [2.05, 4.69) is 41.6 Å². The molecular weight excluding hydrogens is 367 g/mol. The van der Waals surface area contributed by atoms with E-state index in [1.54, 1.807) is 0 Å². The Morgan fingerprint density at radius 1 is 1.30 bits per heavy atom. The van der Waals surface area contributed by atoms with Crippen LogP contribution in [0.3, 0.4) is 0 Å². The van der Waals surface area contributed by atoms with Gasteiger partial charge >= 0.3 is 0 Å². The number of nitrogens with one attached hydrogen (secondary N) is 2. The summed E-state index contributed by atoms with van der Waals surface area (Å²) in [6, 6.07) is 0. The van der Waals surface area contributed by atoms with Gasteiger partial charge in [-0.15, -0.1) is 24.0 Å². The highest BCUT2D eigenvalue weighted by Crippen LogP contribution is 2.23. The number of nitrogens with zero attached hydrogens (tertiary/aromatic N) is 2. The summed E-state index contributed by atoms with van der Waals surface area (Å²) in [6.07, 6.45) is 1.09. The van der Waals surface area contributed by atoms with Crippen molar-refractivity contribution in [3.63, 3.8) is 0 Å². The van der Waals surface area contributed by atoms with Crippen LogP contribution in [-0.4, -0.2) is 30.8 Å². The zero-order valence-corrected chi connectivity index (χ0v) is 15.4. The minimum Gasteiger partial charge on any atom is -0.361 e. The molecule has 0 aromatic carbocycles. The molecule has 1 atom stereocenters. The largest absolute Gasteiger partial charge is 0.361 e. The number of halogens is 1. The number of aryl methyl sites for hydroxylation is 2. The maximum absolute atomic E-state index is 5.21. The third-order valence-corrected chi connectivity index (χ3v) is 2.99. The summed E-state index contributed by atoms with van der Waals surface area (Å²) in [5, 5.41) is 10.5. The average Bonchev–Trinajstić information content (AvgIpc) is 2.72. The third-order valence-electron chi connectivity index (χ3n) is 2.99. The van der Waals surface area contributed by atoms with E-state index in [4.69, 9.17) is 4.52 Å². The van der Waals surface area contributed by atoms with Gasteiger partial charge in [0, 0.05) is 31.1 Å². The Labute approximate surface area is 139 Å². The van der Waals surface area contributed by atoms with Crippen molar-refractivity contribution in [2.24, 2.45) is 4.99 Å². The molecule has 0 bridgehead atoms. The van der Waals surface area contributed by atoms with Crippen LogP contribution in [0.5, 0.6) is 0 Å². The van der Waals surface area contributed by atoms with Crippen LogP contribution >= 0.6 is 24.0 Å². The van der Waals surface area contributed by atoms with E-state index < -0.39 is 0 Å². The zero-order valence-electron chi connectivity index (χ0n) is 13.1. The fraction of sp³-hybridized carbons (Fsp3) is 0.714. The highest BCUT2D eigenvalue weighted by atomic mass is 127. The van der Waals surface area contributed by atoms with Crippen molar-refractivity contribution >= 4 is 29.9 Å². The van der Waals surface area contributed by atoms with E-state index in [1.165, 1.54) is 5.56 Å². The van der Waals surface area contributed by atoms with E-state index >= 15 is 0 Å². The van der Waals surface area contributed by atoms with Crippen LogP contribution in [0.15, 0.2) is 9.52 Å². The predicted octanol–water partition coefficient (Wildman–Crippen LogP) is 2.98. The van der Waals surface area contributed by atoms with Crippen molar-refractivity contribution in [1.29, 1.82) is 0 Å². The average molecular weight is 394 g/mol. The van der Waals surface area contributed by atoms with Gasteiger partial charge < -0.3 is 15.2 Å². The molecule has 0 aliphatic heterocycles. The number of hydrogen-bond acceptors (Lipinski definition) is 3. The molecule has 116 valence electrons. The maximum atomic E-state index is 5.21. The van der Waals surface area contributed by atoms with Crippen LogP contribution in [0.2, 0.25) is 0 Å². The molecule has 0 spiro atoms. The van der Waals surface area contributed by atoms with Gasteiger partial charge in [-0.3, -0.25) is 4.99 Å². The van der Waals surface area contributed by atoms with Crippen molar-refractivity contribution < 1.29 is 4.52 Å². The van der Waals surface area contributed by atoms with Crippen molar-refractivity contribution in [2.75, 3.05) is 19.6 Å². The second-order valence-electron chi connectivity index (χ2n) is 4.79. The first-order chi connectivity index (χ1) is 9.10. The van der Waals surface area contributed by atoms with Crippen molar-refractivity contribution in [1.82, 2.24) is 15.8 Å². The summed E-state index contributed by atoms with van der Waals surface area (Å²) in [4.78, 5) is 4.61. The number of guanidine groups is 1. The van der Waals surface area contributed by atoms with Crippen molar-refractivity contribution in [3.8, 4) is 0 Å². The minimum absolute atomic E-state index is 0. The van der Waals surface area contributed by atoms with Gasteiger partial charge in [0.25, 0.3) is 0 Å². The van der Waals surface area contributed by atoms with E-state index in [0.29, 0.717) is 5.92 Å². The van der Waals surface area contributed by atoms with Crippen LogP contribution in [0, 0.1) is 13.8 Å². The molecule has 1 heterocycles. The Kier molecular flexibility index (Phi) is 9.62. The summed E-state index contributed by atoms with van der Waals surface area (Å²) in [5.41, 5.74) is 2.14. The van der Waals surface area contributed by atoms with E-state index in [0.717, 1.165) is 43.5 Å². The van der Waals surface area contributed by atoms with Crippen molar-refractivity contribution in [3.05, 3.63) is 17.0 Å². The summed E-state index contributed by atoms with van der Waals surface area (Å²) < 4.78 is 5.21. The van der Waals surface area contributed by atoms with Gasteiger partial charge in [-0.25, -0.2) is 0 Å². The monoisotopic (exact) mass is 394 g/mol. The Morgan fingerprint density at radius 2 is 2.00 bits per heavy atom. The molecule has 2 N–H and O–H groups in total. The number of aromatic nitrogens is 1. The molecule has 1 unspecified atom stereocenters. The topological polar surface area (TPSA) is 62.5 Å². The standard InChI is InChI=1S/C14H26N4O.HI/c1-6-8-16-14(15-7-2)17-9-10(3)13-11(4)18-19-12(13)5;/h10H,6-9H2,1-5H3,(H2,15,16,17);1H. The Bertz CT molecular complexity index is 398. The first-order valence-corrected chi connectivity index (χ1v) is 7.05. The molecule has 0 saturated heterocycles. The normalized spacial score (nSPS) is 12.8. The zero-order chi connectivity index (χ0) is 14.3. The second kappa shape index (κ2) is 10.0. The van der Waals surface area contributed by atoms with Gasteiger partial charge in [0.1, 0.15) is 5.76 Å². The molecule has 0 radical (unpaired) electrons. The number of hydrogen-bond donors (Lipinski definition) is 2. The SMILES string of the molecule is CCCNC(=NCC(C)c1c(C)noc1C)NCC.I. The molecule has 1 aromatic heterocycles. The van der Waals surface area contributed by atoms with E-state index in [-0.39, 0.29) is 24.0 Å². The Hall–Kier alpha value is -0.790. The van der Waals surface area contributed by atoms with Crippen LogP contribution in [0.1, 0.15) is 50.1 Å². The summed E-state index contributed by atoms with van der Waals surface area (Å²) in [6.45, 7) is 12.8. The molecule has 0 amide bonds. The van der Waals surface area contributed by atoms with Crippen LogP contribution in [-0.2, 0) is 0 Å². The first-order valence-electron chi connectivity index (χ1n) is 7.05. The first kappa shape index (κ1) is 19.2. The molecular formula is C14H27IN4O. The Morgan fingerprint density at radius 3 is 2.50 bits per heavy atom. The van der Waals surface area contributed by atoms with Crippen LogP contribution in [0.4, 0.5) is 0 Å². The summed E-state index contributed by atoms with van der Waals surface area (Å²) in [5.74, 6) is 2.08. The fourth-order valence-electron chi connectivity index (χ4n) is 2.10. The highest BCUT2D eigenvalue weighted by molar-refractivity contribution is 14.0. The maximum Gasteiger partial charge on any atom is 0.191 e. The minimum atomic E-state index is 0. The molecule has 0 aliphatic carbocycles. The van der Waals surface area contributed by atoms with Crippen LogP contribution < -0.4 is 10.6 Å². The van der Waals surface area contributed by atoms with Gasteiger partial charge in [-0.05, 0) is 27.2 Å². The highest BCUT2D eigenvalue weighted by Gasteiger charge is 2.16. The lowest BCUT2D eigenvalue weighted by Gasteiger charge is -2.13. The molecule has 5 nitrogen and oxygen atoms in total. The quantitative estimate of drug-likeness (QED) is 0.443. The van der Waals surface area contributed by atoms with Gasteiger partial charge in [0.05, 0.1) is 5.69 Å². The summed E-state index contributed by atoms with van der Waals surface area (Å²) >= 11 is 0. The Balaban J connectivity index is 0.00000361. The van der Waals surface area contributed by atoms with Crippen molar-refractivity contribution in [2.45, 2.75) is 47.0 Å². The van der Waals surface area contributed by atoms with Gasteiger partial charge in [0.15, 0.2) is 5.96 Å². The van der Waals surface area contributed by atoms with E-state index in [9.17, 15) is 0 Å². The molecule has 20 heavy (non-hydrogen) atoms. The lowest BCUT2D eigenvalue weighted by Crippen LogP contribution is -2.37. The smallest absolute Gasteiger partial charge is 0.191 e. The lowest BCUT2D eigenvalue weighted by atomic mass is 10.00. The molecule has 6 heteroatoms. The lowest BCUT2D eigenvalue weighted by molar-refractivity contribution is 0.391. The van der Waals surface area contributed by atoms with Gasteiger partial charge in [-0.2, -0.15) is 0 Å². The van der Waals surface area contributed by atoms with Gasteiger partial charge in [0.2, 0.25) is 0 Å². The molecule has 1 aromatic rings. The predicted molar refractivity (Wildman–Crippen MR) is 94.1 cm³/mol. The number of rotatable bonds is 6. The molecule has 0 aliphatic rings. The number of aliphatic imine (C=N–C) groups is 1. The van der Waals surface area contributed by atoms with Crippen LogP contribution in [0.25, 0.3) is 0 Å². The van der Waals surface area contributed by atoms with Gasteiger partial charge in [-0.1, -0.05) is 19.0 Å².